The lowest BCUT2D eigenvalue weighted by molar-refractivity contribution is -0.140. The molecule has 3 N–H and O–H groups in total. The summed E-state index contributed by atoms with van der Waals surface area (Å²) in [5.74, 6) is -0.907. The van der Waals surface area contributed by atoms with Crippen molar-refractivity contribution in [3.63, 3.8) is 0 Å². The molecule has 1 aliphatic rings. The summed E-state index contributed by atoms with van der Waals surface area (Å²) in [6, 6.07) is 4.39. The highest BCUT2D eigenvalue weighted by molar-refractivity contribution is 5.69. The minimum absolute atomic E-state index is 0.0104. The summed E-state index contributed by atoms with van der Waals surface area (Å²) < 4.78 is 48.2. The van der Waals surface area contributed by atoms with Crippen molar-refractivity contribution in [3.05, 3.63) is 54.1 Å². The Morgan fingerprint density at radius 2 is 2.00 bits per heavy atom. The van der Waals surface area contributed by atoms with Crippen LogP contribution in [0.25, 0.3) is 0 Å². The van der Waals surface area contributed by atoms with Gasteiger partial charge in [0.25, 0.3) is 0 Å². The number of hydrogen-bond acceptors (Lipinski definition) is 6. The molecular weight excluding hydrogens is 441 g/mol. The van der Waals surface area contributed by atoms with E-state index in [0.717, 1.165) is 12.1 Å². The normalized spacial score (nSPS) is 24.5. The van der Waals surface area contributed by atoms with Crippen LogP contribution >= 0.6 is 0 Å². The average molecular weight is 473 g/mol. The topological polar surface area (TPSA) is 96.2 Å². The maximum atomic E-state index is 12.8. The molecule has 0 bridgehead atoms. The summed E-state index contributed by atoms with van der Waals surface area (Å²) in [5.41, 5.74) is -0.839. The molecule has 33 heavy (non-hydrogen) atoms. The number of carbonyl (C=O) groups is 1. The third-order valence-corrected chi connectivity index (χ3v) is 5.61. The lowest BCUT2D eigenvalue weighted by Crippen LogP contribution is -2.21. The maximum absolute atomic E-state index is 12.8. The Labute approximate surface area is 191 Å². The summed E-state index contributed by atoms with van der Waals surface area (Å²) >= 11 is 0. The summed E-state index contributed by atoms with van der Waals surface area (Å²) in [4.78, 5) is 11.1. The van der Waals surface area contributed by atoms with Crippen LogP contribution in [0.4, 0.5) is 13.2 Å². The van der Waals surface area contributed by atoms with Gasteiger partial charge in [-0.2, -0.15) is 13.2 Å². The van der Waals surface area contributed by atoms with Crippen molar-refractivity contribution in [2.24, 2.45) is 11.8 Å². The molecule has 0 radical (unpaired) electrons. The number of aliphatic hydroxyl groups is 3. The van der Waals surface area contributed by atoms with Crippen molar-refractivity contribution < 1.29 is 42.8 Å². The van der Waals surface area contributed by atoms with E-state index in [4.69, 9.17) is 4.74 Å². The molecule has 1 aromatic rings. The van der Waals surface area contributed by atoms with E-state index in [1.165, 1.54) is 25.3 Å². The summed E-state index contributed by atoms with van der Waals surface area (Å²) in [6.07, 6.45) is 2.21. The Bertz CT molecular complexity index is 808. The third-order valence-electron chi connectivity index (χ3n) is 5.61. The number of halogens is 3. The summed E-state index contributed by atoms with van der Waals surface area (Å²) in [7, 11) is 1.34. The number of ether oxygens (including phenoxy) is 2. The van der Waals surface area contributed by atoms with Crippen LogP contribution in [0, 0.1) is 11.8 Å². The summed E-state index contributed by atoms with van der Waals surface area (Å²) in [5, 5.41) is 30.7. The number of benzene rings is 1. The molecule has 0 aliphatic heterocycles. The van der Waals surface area contributed by atoms with Gasteiger partial charge in [-0.05, 0) is 43.4 Å². The number of unbranched alkanes of at least 4 members (excludes halogenated alkanes) is 1. The second-order valence-electron chi connectivity index (χ2n) is 8.08. The van der Waals surface area contributed by atoms with Gasteiger partial charge >= 0.3 is 12.1 Å². The first kappa shape index (κ1) is 26.9. The second kappa shape index (κ2) is 12.8. The maximum Gasteiger partial charge on any atom is 0.416 e. The molecule has 0 unspecified atom stereocenters. The number of esters is 1. The van der Waals surface area contributed by atoms with Gasteiger partial charge in [-0.1, -0.05) is 30.4 Å². The molecule has 0 amide bonds. The molecule has 9 heteroatoms. The van der Waals surface area contributed by atoms with E-state index in [0.29, 0.717) is 25.7 Å². The minimum Gasteiger partial charge on any atom is -0.491 e. The zero-order valence-corrected chi connectivity index (χ0v) is 18.4. The Hall–Kier alpha value is -2.36. The van der Waals surface area contributed by atoms with E-state index < -0.39 is 30.1 Å². The Kier molecular flexibility index (Phi) is 10.4. The lowest BCUT2D eigenvalue weighted by Gasteiger charge is -2.19. The van der Waals surface area contributed by atoms with E-state index in [1.54, 1.807) is 6.08 Å². The zero-order chi connectivity index (χ0) is 24.4. The monoisotopic (exact) mass is 472 g/mol. The van der Waals surface area contributed by atoms with Gasteiger partial charge in [-0.3, -0.25) is 4.79 Å². The lowest BCUT2D eigenvalue weighted by atomic mass is 9.89. The molecule has 2 rings (SSSR count). The zero-order valence-electron chi connectivity index (χ0n) is 18.4. The first-order chi connectivity index (χ1) is 15.6. The van der Waals surface area contributed by atoms with Crippen LogP contribution in [-0.4, -0.2) is 53.3 Å². The fraction of sp³-hybridized carbons (Fsp3) is 0.542. The van der Waals surface area contributed by atoms with Crippen molar-refractivity contribution in [1.29, 1.82) is 0 Å². The van der Waals surface area contributed by atoms with Gasteiger partial charge in [-0.15, -0.1) is 0 Å². The molecule has 1 fully saturated rings. The smallest absolute Gasteiger partial charge is 0.416 e. The van der Waals surface area contributed by atoms with Crippen LogP contribution < -0.4 is 4.74 Å². The average Bonchev–Trinajstić information content (AvgIpc) is 3.04. The highest BCUT2D eigenvalue weighted by Gasteiger charge is 2.39. The number of hydrogen-bond donors (Lipinski definition) is 3. The van der Waals surface area contributed by atoms with Crippen LogP contribution in [0.15, 0.2) is 48.6 Å². The van der Waals surface area contributed by atoms with Gasteiger partial charge in [0, 0.05) is 18.8 Å². The third kappa shape index (κ3) is 8.83. The van der Waals surface area contributed by atoms with Crippen LogP contribution in [-0.2, 0) is 15.7 Å². The molecule has 1 aliphatic carbocycles. The fourth-order valence-corrected chi connectivity index (χ4v) is 3.80. The standard InChI is InChI=1S/C24H31F3O6/c1-32-23(31)10-5-3-2-4-9-19-20(22(30)14-21(19)29)12-11-17(28)15-33-18-8-6-7-16(13-18)24(25,26)27/h2,4,6-8,11-13,17,19-22,28-30H,3,5,9-10,14-15H2,1H3/t17-,19-,20-,21+,22-/m1/s1. The van der Waals surface area contributed by atoms with Crippen LogP contribution in [0.1, 0.15) is 37.7 Å². The highest BCUT2D eigenvalue weighted by atomic mass is 19.4. The van der Waals surface area contributed by atoms with Gasteiger partial charge in [0.2, 0.25) is 0 Å². The van der Waals surface area contributed by atoms with Crippen molar-refractivity contribution in [2.75, 3.05) is 13.7 Å². The molecule has 0 aromatic heterocycles. The molecule has 5 atom stereocenters. The highest BCUT2D eigenvalue weighted by Crippen LogP contribution is 2.36. The Balaban J connectivity index is 1.86. The number of carbonyl (C=O) groups excluding carboxylic acids is 1. The predicted octanol–water partition coefficient (Wildman–Crippen LogP) is 3.65. The van der Waals surface area contributed by atoms with E-state index in [-0.39, 0.29) is 36.6 Å². The van der Waals surface area contributed by atoms with Gasteiger partial charge in [0.05, 0.1) is 24.9 Å². The van der Waals surface area contributed by atoms with Crippen molar-refractivity contribution >= 4 is 5.97 Å². The SMILES string of the molecule is COC(=O)CCCC=CC[C@@H]1[C@@H](C=C[C@@H](O)COc2cccc(C(F)(F)F)c2)[C@H](O)C[C@@H]1O. The largest absolute Gasteiger partial charge is 0.491 e. The van der Waals surface area contributed by atoms with E-state index in [1.807, 2.05) is 12.2 Å². The van der Waals surface area contributed by atoms with Crippen molar-refractivity contribution in [1.82, 2.24) is 0 Å². The molecular formula is C24H31F3O6. The molecule has 0 saturated heterocycles. The van der Waals surface area contributed by atoms with Crippen LogP contribution in [0.5, 0.6) is 5.75 Å². The van der Waals surface area contributed by atoms with Crippen molar-refractivity contribution in [2.45, 2.75) is 56.6 Å². The second-order valence-corrected chi connectivity index (χ2v) is 8.08. The quantitative estimate of drug-likeness (QED) is 0.259. The van der Waals surface area contributed by atoms with Gasteiger partial charge in [0.15, 0.2) is 0 Å². The number of methoxy groups -OCH3 is 1. The molecule has 0 spiro atoms. The van der Waals surface area contributed by atoms with Gasteiger partial charge in [-0.25, -0.2) is 0 Å². The Morgan fingerprint density at radius 1 is 1.24 bits per heavy atom. The van der Waals surface area contributed by atoms with E-state index in [2.05, 4.69) is 4.74 Å². The van der Waals surface area contributed by atoms with Crippen LogP contribution in [0.3, 0.4) is 0 Å². The first-order valence-corrected chi connectivity index (χ1v) is 10.9. The molecule has 1 saturated carbocycles. The van der Waals surface area contributed by atoms with Gasteiger partial charge < -0.3 is 24.8 Å². The Morgan fingerprint density at radius 3 is 2.70 bits per heavy atom. The van der Waals surface area contributed by atoms with Gasteiger partial charge in [0.1, 0.15) is 18.5 Å². The van der Waals surface area contributed by atoms with E-state index in [9.17, 15) is 33.3 Å². The predicted molar refractivity (Wildman–Crippen MR) is 115 cm³/mol. The number of alkyl halides is 3. The van der Waals surface area contributed by atoms with Crippen molar-refractivity contribution in [3.8, 4) is 5.75 Å². The number of aliphatic hydroxyl groups excluding tert-OH is 3. The first-order valence-electron chi connectivity index (χ1n) is 10.9. The summed E-state index contributed by atoms with van der Waals surface area (Å²) in [6.45, 7) is -0.256. The van der Waals surface area contributed by atoms with Crippen LogP contribution in [0.2, 0.25) is 0 Å². The number of allylic oxidation sites excluding steroid dienone is 2. The molecule has 6 nitrogen and oxygen atoms in total. The molecule has 184 valence electrons. The number of rotatable bonds is 11. The fourth-order valence-electron chi connectivity index (χ4n) is 3.80. The van der Waals surface area contributed by atoms with E-state index >= 15 is 0 Å². The minimum atomic E-state index is -4.48. The molecule has 0 heterocycles. The molecule has 1 aromatic carbocycles.